The molecule has 0 unspecified atom stereocenters. The molecule has 0 atom stereocenters. The lowest BCUT2D eigenvalue weighted by Gasteiger charge is -2.09. The molecule has 9 heteroatoms. The minimum absolute atomic E-state index is 0.0429. The van der Waals surface area contributed by atoms with Gasteiger partial charge >= 0.3 is 10.6 Å². The summed E-state index contributed by atoms with van der Waals surface area (Å²) in [6.45, 7) is 0.240. The van der Waals surface area contributed by atoms with Gasteiger partial charge in [0.2, 0.25) is 0 Å². The van der Waals surface area contributed by atoms with Crippen molar-refractivity contribution in [1.82, 2.24) is 14.5 Å². The van der Waals surface area contributed by atoms with Crippen LogP contribution < -0.4 is 27.2 Å². The maximum atomic E-state index is 11.6. The summed E-state index contributed by atoms with van der Waals surface area (Å²) in [7, 11) is 1.45. The molecule has 2 rings (SSSR count). The van der Waals surface area contributed by atoms with E-state index in [0.717, 1.165) is 15.9 Å². The number of hydrogen-bond acceptors (Lipinski definition) is 6. The topological polar surface area (TPSA) is 126 Å². The highest BCUT2D eigenvalue weighted by molar-refractivity contribution is 7.07. The van der Waals surface area contributed by atoms with Crippen molar-refractivity contribution in [3.8, 4) is 0 Å². The SMILES string of the molecule is Cn1c(N)c(NCc2csc(=O)[nH]2)c(=O)[nH]c1=O. The Morgan fingerprint density at radius 1 is 1.39 bits per heavy atom. The molecule has 0 aliphatic carbocycles. The number of aromatic nitrogens is 3. The van der Waals surface area contributed by atoms with E-state index >= 15 is 0 Å². The molecular formula is C9H11N5O3S. The van der Waals surface area contributed by atoms with Gasteiger partial charge < -0.3 is 16.0 Å². The molecule has 0 saturated heterocycles. The van der Waals surface area contributed by atoms with Gasteiger partial charge in [0, 0.05) is 18.1 Å². The van der Waals surface area contributed by atoms with Crippen LogP contribution in [0.15, 0.2) is 19.8 Å². The minimum Gasteiger partial charge on any atom is -0.383 e. The molecule has 0 saturated carbocycles. The fourth-order valence-electron chi connectivity index (χ4n) is 1.39. The number of anilines is 2. The molecule has 0 spiro atoms. The molecular weight excluding hydrogens is 258 g/mol. The average molecular weight is 269 g/mol. The lowest BCUT2D eigenvalue weighted by Crippen LogP contribution is -2.32. The molecule has 2 aromatic heterocycles. The maximum Gasteiger partial charge on any atom is 0.329 e. The van der Waals surface area contributed by atoms with Gasteiger partial charge in [-0.1, -0.05) is 11.3 Å². The first kappa shape index (κ1) is 12.2. The number of aromatic amines is 2. The van der Waals surface area contributed by atoms with E-state index in [1.165, 1.54) is 7.05 Å². The Labute approximate surface area is 104 Å². The molecule has 0 aliphatic rings. The van der Waals surface area contributed by atoms with Gasteiger partial charge in [0.15, 0.2) is 0 Å². The fourth-order valence-corrected chi connectivity index (χ4v) is 1.97. The normalized spacial score (nSPS) is 10.5. The van der Waals surface area contributed by atoms with Gasteiger partial charge in [-0.2, -0.15) is 0 Å². The van der Waals surface area contributed by atoms with Crippen molar-refractivity contribution in [1.29, 1.82) is 0 Å². The second kappa shape index (κ2) is 4.53. The average Bonchev–Trinajstić information content (AvgIpc) is 2.72. The summed E-state index contributed by atoms with van der Waals surface area (Å²) in [5.74, 6) is 0.0429. The maximum absolute atomic E-state index is 11.6. The van der Waals surface area contributed by atoms with E-state index in [2.05, 4.69) is 15.3 Å². The van der Waals surface area contributed by atoms with E-state index in [1.807, 2.05) is 0 Å². The molecule has 0 radical (unpaired) electrons. The number of rotatable bonds is 3. The first-order valence-corrected chi connectivity index (χ1v) is 5.86. The number of H-pyrrole nitrogens is 2. The third-order valence-electron chi connectivity index (χ3n) is 2.40. The Morgan fingerprint density at radius 3 is 2.72 bits per heavy atom. The van der Waals surface area contributed by atoms with Gasteiger partial charge in [-0.15, -0.1) is 0 Å². The van der Waals surface area contributed by atoms with E-state index in [1.54, 1.807) is 5.38 Å². The van der Waals surface area contributed by atoms with Gasteiger partial charge in [-0.25, -0.2) is 4.79 Å². The van der Waals surface area contributed by atoms with Crippen LogP contribution in [0, 0.1) is 0 Å². The van der Waals surface area contributed by atoms with Gasteiger partial charge in [0.25, 0.3) is 5.56 Å². The summed E-state index contributed by atoms with van der Waals surface area (Å²) in [5, 5.41) is 4.43. The van der Waals surface area contributed by atoms with Crippen molar-refractivity contribution in [3.05, 3.63) is 41.6 Å². The summed E-state index contributed by atoms with van der Waals surface area (Å²) in [6, 6.07) is 0. The monoisotopic (exact) mass is 269 g/mol. The number of hydrogen-bond donors (Lipinski definition) is 4. The van der Waals surface area contributed by atoms with Crippen molar-refractivity contribution in [2.45, 2.75) is 6.54 Å². The second-order valence-corrected chi connectivity index (χ2v) is 4.45. The van der Waals surface area contributed by atoms with Crippen LogP contribution >= 0.6 is 11.3 Å². The molecule has 8 nitrogen and oxygen atoms in total. The highest BCUT2D eigenvalue weighted by atomic mass is 32.1. The summed E-state index contributed by atoms with van der Waals surface area (Å²) < 4.78 is 1.13. The molecule has 0 bridgehead atoms. The van der Waals surface area contributed by atoms with Crippen molar-refractivity contribution < 1.29 is 0 Å². The number of nitrogens with one attached hydrogen (secondary N) is 3. The molecule has 0 amide bonds. The Balaban J connectivity index is 2.30. The van der Waals surface area contributed by atoms with Crippen LogP contribution in [0.3, 0.4) is 0 Å². The predicted molar refractivity (Wildman–Crippen MR) is 69.0 cm³/mol. The van der Waals surface area contributed by atoms with Gasteiger partial charge in [0.1, 0.15) is 11.5 Å². The molecule has 0 aromatic carbocycles. The third kappa shape index (κ3) is 2.20. The van der Waals surface area contributed by atoms with Crippen molar-refractivity contribution in [2.75, 3.05) is 11.1 Å². The summed E-state index contributed by atoms with van der Waals surface area (Å²) in [5.41, 5.74) is 5.24. The molecule has 96 valence electrons. The standard InChI is InChI=1S/C9H11N5O3S/c1-14-6(10)5(7(15)13-8(14)16)11-2-4-3-18-9(17)12-4/h3,11H,2,10H2,1H3,(H,12,17)(H,13,15,16). The number of nitrogens with two attached hydrogens (primary N) is 1. The van der Waals surface area contributed by atoms with E-state index in [4.69, 9.17) is 5.73 Å². The molecule has 2 heterocycles. The van der Waals surface area contributed by atoms with Crippen LogP contribution in [0.5, 0.6) is 0 Å². The number of nitrogens with zero attached hydrogens (tertiary/aromatic N) is 1. The summed E-state index contributed by atoms with van der Waals surface area (Å²) in [6.07, 6.45) is 0. The zero-order chi connectivity index (χ0) is 13.3. The smallest absolute Gasteiger partial charge is 0.329 e. The van der Waals surface area contributed by atoms with Crippen LogP contribution in [-0.4, -0.2) is 14.5 Å². The van der Waals surface area contributed by atoms with Gasteiger partial charge in [0.05, 0.1) is 6.54 Å². The van der Waals surface area contributed by atoms with Gasteiger partial charge in [-0.3, -0.25) is 19.1 Å². The van der Waals surface area contributed by atoms with E-state index in [-0.39, 0.29) is 22.9 Å². The zero-order valence-corrected chi connectivity index (χ0v) is 10.3. The first-order valence-electron chi connectivity index (χ1n) is 4.98. The lowest BCUT2D eigenvalue weighted by molar-refractivity contribution is 0.812. The summed E-state index contributed by atoms with van der Waals surface area (Å²) >= 11 is 1.03. The highest BCUT2D eigenvalue weighted by Gasteiger charge is 2.09. The van der Waals surface area contributed by atoms with E-state index in [0.29, 0.717) is 5.69 Å². The molecule has 5 N–H and O–H groups in total. The lowest BCUT2D eigenvalue weighted by atomic mass is 10.4. The first-order chi connectivity index (χ1) is 8.49. The van der Waals surface area contributed by atoms with Gasteiger partial charge in [-0.05, 0) is 0 Å². The fraction of sp³-hybridized carbons (Fsp3) is 0.222. The Morgan fingerprint density at radius 2 is 2.11 bits per heavy atom. The van der Waals surface area contributed by atoms with Crippen LogP contribution in [0.4, 0.5) is 11.5 Å². The Kier molecular flexibility index (Phi) is 3.06. The van der Waals surface area contributed by atoms with Crippen LogP contribution in [0.2, 0.25) is 0 Å². The van der Waals surface area contributed by atoms with E-state index in [9.17, 15) is 14.4 Å². The van der Waals surface area contributed by atoms with Crippen LogP contribution in [0.1, 0.15) is 5.69 Å². The third-order valence-corrected chi connectivity index (χ3v) is 3.11. The number of nitrogen functional groups attached to an aromatic ring is 1. The predicted octanol–water partition coefficient (Wildman–Crippen LogP) is -0.982. The quantitative estimate of drug-likeness (QED) is 0.569. The summed E-state index contributed by atoms with van der Waals surface area (Å²) in [4.78, 5) is 38.3. The van der Waals surface area contributed by atoms with Crippen molar-refractivity contribution >= 4 is 22.8 Å². The second-order valence-electron chi connectivity index (χ2n) is 3.61. The molecule has 0 aliphatic heterocycles. The highest BCUT2D eigenvalue weighted by Crippen LogP contribution is 2.09. The zero-order valence-electron chi connectivity index (χ0n) is 9.44. The van der Waals surface area contributed by atoms with E-state index < -0.39 is 11.2 Å². The largest absolute Gasteiger partial charge is 0.383 e. The minimum atomic E-state index is -0.590. The van der Waals surface area contributed by atoms with Crippen molar-refractivity contribution in [3.63, 3.8) is 0 Å². The Bertz CT molecular complexity index is 738. The Hall–Kier alpha value is -2.29. The molecule has 18 heavy (non-hydrogen) atoms. The molecule has 2 aromatic rings. The van der Waals surface area contributed by atoms with Crippen LogP contribution in [-0.2, 0) is 13.6 Å². The number of thiazole rings is 1. The van der Waals surface area contributed by atoms with Crippen LogP contribution in [0.25, 0.3) is 0 Å². The van der Waals surface area contributed by atoms with Crippen molar-refractivity contribution in [2.24, 2.45) is 7.05 Å². The molecule has 0 fully saturated rings.